The van der Waals surface area contributed by atoms with Gasteiger partial charge in [0.2, 0.25) is 14.2 Å². The number of hydrogen-bond donors (Lipinski definition) is 5. The number of aliphatic carboxylic acids is 1. The first kappa shape index (κ1) is 49.7. The highest BCUT2D eigenvalue weighted by Crippen LogP contribution is 2.42. The summed E-state index contributed by atoms with van der Waals surface area (Å²) < 4.78 is 33.4. The van der Waals surface area contributed by atoms with Crippen LogP contribution in [0.15, 0.2) is 84.9 Å². The van der Waals surface area contributed by atoms with Gasteiger partial charge in [-0.1, -0.05) is 111 Å². The first-order valence-corrected chi connectivity index (χ1v) is 22.2. The largest absolute Gasteiger partial charge is 0.481 e. The van der Waals surface area contributed by atoms with Crippen LogP contribution in [0, 0.1) is 11.6 Å². The maximum atomic E-state index is 14.0. The smallest absolute Gasteiger partial charge is 0.310 e. The van der Waals surface area contributed by atoms with Gasteiger partial charge in [-0.2, -0.15) is 0 Å². The van der Waals surface area contributed by atoms with Crippen molar-refractivity contribution >= 4 is 43.4 Å². The number of aryl methyl sites for hydroxylation is 1. The Labute approximate surface area is 349 Å². The average Bonchev–Trinajstić information content (AvgIpc) is 3.16. The number of carboxylic acids is 1. The SMILES string of the molecule is CCC(C(=O)Nc1ccc(C(N)=O)c(F)c1)c1ccc(CO[Si](C(C)C)(C(C)C)C(C)C)cc1.CCc1ccc(C(CC)C(=O)O)cc1.NC(=O)c1ccc(N)cc1F. The van der Waals surface area contributed by atoms with Crippen LogP contribution in [-0.2, 0) is 27.0 Å². The minimum absolute atomic E-state index is 0.140. The molecule has 0 bridgehead atoms. The third-order valence-electron chi connectivity index (χ3n) is 10.6. The van der Waals surface area contributed by atoms with Gasteiger partial charge < -0.3 is 32.1 Å². The van der Waals surface area contributed by atoms with E-state index >= 15 is 0 Å². The minimum Gasteiger partial charge on any atom is -0.481 e. The predicted molar refractivity (Wildman–Crippen MR) is 235 cm³/mol. The monoisotopic (exact) mass is 832 g/mol. The normalized spacial score (nSPS) is 12.2. The Bertz CT molecular complexity index is 1980. The lowest BCUT2D eigenvalue weighted by atomic mass is 9.94. The molecule has 2 atom stereocenters. The van der Waals surface area contributed by atoms with Crippen molar-refractivity contribution in [1.82, 2.24) is 0 Å². The van der Waals surface area contributed by atoms with Crippen LogP contribution >= 0.6 is 0 Å². The van der Waals surface area contributed by atoms with Crippen LogP contribution < -0.4 is 22.5 Å². The summed E-state index contributed by atoms with van der Waals surface area (Å²) in [6.07, 6.45) is 2.22. The van der Waals surface area contributed by atoms with Crippen LogP contribution in [0.4, 0.5) is 20.2 Å². The Kier molecular flexibility index (Phi) is 19.6. The molecule has 4 rings (SSSR count). The second kappa shape index (κ2) is 23.3. The van der Waals surface area contributed by atoms with E-state index in [-0.39, 0.29) is 40.2 Å². The van der Waals surface area contributed by atoms with Gasteiger partial charge in [0.1, 0.15) is 11.6 Å². The number of benzene rings is 4. The number of nitrogens with one attached hydrogen (secondary N) is 1. The van der Waals surface area contributed by atoms with E-state index in [0.717, 1.165) is 35.2 Å². The Morgan fingerprint density at radius 1 is 0.661 bits per heavy atom. The van der Waals surface area contributed by atoms with Crippen LogP contribution in [0.25, 0.3) is 0 Å². The van der Waals surface area contributed by atoms with E-state index in [1.165, 1.54) is 29.8 Å². The number of nitrogens with two attached hydrogens (primary N) is 3. The summed E-state index contributed by atoms with van der Waals surface area (Å²) in [5.74, 6) is -4.79. The molecule has 2 unspecified atom stereocenters. The summed E-state index contributed by atoms with van der Waals surface area (Å²) in [6, 6.07) is 23.4. The zero-order valence-electron chi connectivity index (χ0n) is 35.8. The van der Waals surface area contributed by atoms with Gasteiger partial charge in [-0.05, 0) is 94.5 Å². The van der Waals surface area contributed by atoms with Crippen molar-refractivity contribution in [3.8, 4) is 0 Å². The van der Waals surface area contributed by atoms with Crippen molar-refractivity contribution in [2.45, 2.75) is 117 Å². The molecular formula is C46H62F2N4O6Si. The maximum absolute atomic E-state index is 14.0. The molecule has 0 aliphatic carbocycles. The van der Waals surface area contributed by atoms with Crippen molar-refractivity contribution in [1.29, 1.82) is 0 Å². The van der Waals surface area contributed by atoms with Crippen molar-refractivity contribution in [3.05, 3.63) is 130 Å². The fraction of sp³-hybridized carbons (Fsp3) is 0.391. The zero-order chi connectivity index (χ0) is 44.6. The zero-order valence-corrected chi connectivity index (χ0v) is 36.8. The molecule has 0 saturated carbocycles. The Balaban J connectivity index is 0.000000388. The molecule has 0 aliphatic rings. The first-order valence-electron chi connectivity index (χ1n) is 20.0. The molecule has 3 amide bonds. The van der Waals surface area contributed by atoms with Gasteiger partial charge in [0, 0.05) is 11.4 Å². The quantitative estimate of drug-likeness (QED) is 0.0549. The second-order valence-electron chi connectivity index (χ2n) is 15.4. The minimum atomic E-state index is -1.95. The lowest BCUT2D eigenvalue weighted by Crippen LogP contribution is -2.47. The number of anilines is 2. The van der Waals surface area contributed by atoms with E-state index in [4.69, 9.17) is 26.7 Å². The van der Waals surface area contributed by atoms with Gasteiger partial charge in [0.05, 0.1) is 29.6 Å². The van der Waals surface area contributed by atoms with Crippen LogP contribution in [0.3, 0.4) is 0 Å². The Hall–Kier alpha value is -5.40. The third-order valence-corrected chi connectivity index (χ3v) is 16.6. The number of nitrogen functional groups attached to an aromatic ring is 1. The lowest BCUT2D eigenvalue weighted by Gasteiger charge is -2.42. The van der Waals surface area contributed by atoms with Crippen LogP contribution in [0.1, 0.15) is 130 Å². The van der Waals surface area contributed by atoms with Crippen molar-refractivity contribution in [3.63, 3.8) is 0 Å². The van der Waals surface area contributed by atoms with E-state index in [1.807, 2.05) is 62.4 Å². The highest BCUT2D eigenvalue weighted by Gasteiger charge is 2.45. The Morgan fingerprint density at radius 2 is 1.10 bits per heavy atom. The molecule has 10 nitrogen and oxygen atoms in total. The number of rotatable bonds is 16. The molecule has 0 aromatic heterocycles. The molecule has 0 aliphatic heterocycles. The lowest BCUT2D eigenvalue weighted by molar-refractivity contribution is -0.138. The van der Waals surface area contributed by atoms with Crippen LogP contribution in [-0.4, -0.2) is 37.1 Å². The molecule has 320 valence electrons. The number of carbonyl (C=O) groups excluding carboxylic acids is 3. The van der Waals surface area contributed by atoms with Gasteiger partial charge in [0.15, 0.2) is 0 Å². The molecule has 13 heteroatoms. The van der Waals surface area contributed by atoms with E-state index < -0.39 is 37.7 Å². The summed E-state index contributed by atoms with van der Waals surface area (Å²) in [5, 5.41) is 11.7. The number of primary amides is 2. The first-order chi connectivity index (χ1) is 27.7. The summed E-state index contributed by atoms with van der Waals surface area (Å²) in [5.41, 5.74) is 21.1. The maximum Gasteiger partial charge on any atom is 0.310 e. The van der Waals surface area contributed by atoms with Gasteiger partial charge in [-0.25, -0.2) is 8.78 Å². The number of amides is 3. The topological polar surface area (TPSA) is 188 Å². The average molecular weight is 833 g/mol. The van der Waals surface area contributed by atoms with Crippen molar-refractivity contribution in [2.75, 3.05) is 11.1 Å². The highest BCUT2D eigenvalue weighted by molar-refractivity contribution is 6.77. The van der Waals surface area contributed by atoms with Gasteiger partial charge in [0.25, 0.3) is 11.8 Å². The number of carboxylic acid groups (broad SMARTS) is 1. The Morgan fingerprint density at radius 3 is 1.49 bits per heavy atom. The fourth-order valence-corrected chi connectivity index (χ4v) is 12.8. The molecule has 0 saturated heterocycles. The molecule has 0 fully saturated rings. The van der Waals surface area contributed by atoms with E-state index in [2.05, 4.69) is 53.8 Å². The van der Waals surface area contributed by atoms with Crippen LogP contribution in [0.5, 0.6) is 0 Å². The van der Waals surface area contributed by atoms with Crippen LogP contribution in [0.2, 0.25) is 16.6 Å². The van der Waals surface area contributed by atoms with E-state index in [1.54, 1.807) is 0 Å². The van der Waals surface area contributed by atoms with E-state index in [0.29, 0.717) is 36.1 Å². The summed E-state index contributed by atoms with van der Waals surface area (Å²) in [6.45, 7) is 20.1. The molecule has 8 N–H and O–H groups in total. The standard InChI is InChI=1S/C27H39FN2O3Si.C12H16O2.C7H7FN2O/c1-8-23(27(32)30-22-13-14-24(26(29)31)25(28)15-22)21-11-9-20(10-12-21)16-33-34(17(2)3,18(4)5)19(6)7;1-3-9-5-7-10(8-6-9)11(4-2)12(13)14;8-6-3-4(9)1-2-5(6)7(10)11/h9-15,17-19,23H,8,16H2,1-7H3,(H2,29,31)(H,30,32);5-8,11H,3-4H2,1-2H3,(H,13,14);1-3H,9H2,(H2,10,11). The molecule has 59 heavy (non-hydrogen) atoms. The third kappa shape index (κ3) is 13.9. The number of hydrogen-bond acceptors (Lipinski definition) is 6. The van der Waals surface area contributed by atoms with Gasteiger partial charge >= 0.3 is 5.97 Å². The summed E-state index contributed by atoms with van der Waals surface area (Å²) in [7, 11) is -1.95. The second-order valence-corrected chi connectivity index (χ2v) is 20.8. The highest BCUT2D eigenvalue weighted by atomic mass is 28.4. The number of carbonyl (C=O) groups is 4. The molecule has 0 radical (unpaired) electrons. The molecule has 0 heterocycles. The molecule has 4 aromatic rings. The van der Waals surface area contributed by atoms with Crippen molar-refractivity contribution in [2.24, 2.45) is 11.5 Å². The molecular weight excluding hydrogens is 771 g/mol. The summed E-state index contributed by atoms with van der Waals surface area (Å²) >= 11 is 0. The van der Waals surface area contributed by atoms with Crippen molar-refractivity contribution < 1.29 is 37.5 Å². The van der Waals surface area contributed by atoms with E-state index in [9.17, 15) is 28.0 Å². The summed E-state index contributed by atoms with van der Waals surface area (Å²) in [4.78, 5) is 45.5. The van der Waals surface area contributed by atoms with Gasteiger partial charge in [-0.3, -0.25) is 19.2 Å². The molecule has 0 spiro atoms. The fourth-order valence-electron chi connectivity index (χ4n) is 7.42. The van der Waals surface area contributed by atoms with Gasteiger partial charge in [-0.15, -0.1) is 0 Å². The number of halogens is 2. The predicted octanol–water partition coefficient (Wildman–Crippen LogP) is 10.1. The molecule has 4 aromatic carbocycles.